The highest BCUT2D eigenvalue weighted by molar-refractivity contribution is 7.36. The molecule has 12 heavy (non-hydrogen) atoms. The molecule has 0 aliphatic carbocycles. The van der Waals surface area contributed by atoms with Crippen molar-refractivity contribution in [1.29, 1.82) is 0 Å². The minimum Gasteiger partial charge on any atom is -0.0707 e. The zero-order chi connectivity index (χ0) is 7.71. The maximum absolute atomic E-state index is 1.84. The van der Waals surface area contributed by atoms with Gasteiger partial charge < -0.3 is 0 Å². The van der Waals surface area contributed by atoms with Crippen molar-refractivity contribution in [3.63, 3.8) is 0 Å². The van der Waals surface area contributed by atoms with Crippen LogP contribution in [0.2, 0.25) is 0 Å². The molecule has 0 saturated carbocycles. The van der Waals surface area contributed by atoms with Crippen molar-refractivity contribution in [3.8, 4) is 0 Å². The number of hydrogen-bond donors (Lipinski definition) is 0. The largest absolute Gasteiger partial charge is 0.0707 e. The third kappa shape index (κ3) is 0.611. The summed E-state index contributed by atoms with van der Waals surface area (Å²) in [5.74, 6) is 0. The van der Waals surface area contributed by atoms with Crippen molar-refractivity contribution in [2.45, 2.75) is 0 Å². The fourth-order valence-electron chi connectivity index (χ4n) is 1.69. The van der Waals surface area contributed by atoms with Crippen LogP contribution in [0, 0.1) is 0 Å². The van der Waals surface area contributed by atoms with Gasteiger partial charge in [0.2, 0.25) is 0 Å². The van der Waals surface area contributed by atoms with E-state index in [0.717, 1.165) is 0 Å². The lowest BCUT2D eigenvalue weighted by atomic mass is 10.3. The number of benzene rings is 1. The van der Waals surface area contributed by atoms with Crippen LogP contribution in [0.5, 0.6) is 0 Å². The van der Waals surface area contributed by atoms with Crippen LogP contribution in [-0.4, -0.2) is 54.2 Å². The molecule has 12 radical (unpaired) electrons. The Hall–Kier alpha value is 0.521. The number of rotatable bonds is 0. The zero-order valence-corrected chi connectivity index (χ0v) is 12.0. The molecule has 0 atom stereocenters. The molecule has 6 heteroatoms. The molecule has 0 spiro atoms. The molecular weight excluding hydrogens is 241 g/mol. The molecular formula is C6Si6. The molecule has 0 aromatic heterocycles. The molecule has 0 amide bonds. The van der Waals surface area contributed by atoms with E-state index in [1.165, 1.54) is 54.2 Å². The average molecular weight is 241 g/mol. The van der Waals surface area contributed by atoms with Gasteiger partial charge in [0.05, 0.1) is 54.2 Å². The van der Waals surface area contributed by atoms with Crippen LogP contribution in [-0.2, 0) is 0 Å². The van der Waals surface area contributed by atoms with Gasteiger partial charge in [-0.25, -0.2) is 0 Å². The summed E-state index contributed by atoms with van der Waals surface area (Å²) in [5, 5.41) is 11.1. The van der Waals surface area contributed by atoms with Crippen LogP contribution in [0.15, 0.2) is 0 Å². The summed E-state index contributed by atoms with van der Waals surface area (Å²) in [6, 6.07) is 0. The fourth-order valence-corrected chi connectivity index (χ4v) is 14.8. The van der Waals surface area contributed by atoms with Gasteiger partial charge in [-0.3, -0.25) is 0 Å². The quantitative estimate of drug-likeness (QED) is 0.397. The second-order valence-corrected chi connectivity index (χ2v) is 12.0. The predicted molar refractivity (Wildman–Crippen MR) is 58.8 cm³/mol. The standard InChI is InChI=1S/C6Si6/c7-1-2(8-7)4-6(12-11-4)5-3(1)9-10-5. The molecule has 3 aliphatic heterocycles. The van der Waals surface area contributed by atoms with Crippen molar-refractivity contribution in [2.75, 3.05) is 0 Å². The maximum Gasteiger partial charge on any atom is 0.0707 e. The Balaban J connectivity index is 2.17. The normalized spacial score (nSPS) is 21.0. The lowest BCUT2D eigenvalue weighted by Gasteiger charge is -2.39. The van der Waals surface area contributed by atoms with Crippen LogP contribution in [0.1, 0.15) is 0 Å². The summed E-state index contributed by atoms with van der Waals surface area (Å²) < 4.78 is 0. The molecule has 3 aliphatic rings. The van der Waals surface area contributed by atoms with E-state index in [1.54, 1.807) is 0 Å². The third-order valence-corrected chi connectivity index (χ3v) is 14.4. The minimum absolute atomic E-state index is 1.21. The van der Waals surface area contributed by atoms with Gasteiger partial charge in [0, 0.05) is 0 Å². The topological polar surface area (TPSA) is 0 Å². The van der Waals surface area contributed by atoms with Crippen LogP contribution < -0.4 is 31.1 Å². The summed E-state index contributed by atoms with van der Waals surface area (Å²) in [6.45, 7) is 0. The number of fused-ring (bicyclic) bond motifs is 6. The summed E-state index contributed by atoms with van der Waals surface area (Å²) in [4.78, 5) is 0. The minimum atomic E-state index is 1.21. The van der Waals surface area contributed by atoms with Crippen molar-refractivity contribution >= 4 is 85.3 Å². The van der Waals surface area contributed by atoms with Gasteiger partial charge in [0.1, 0.15) is 0 Å². The first-order chi connectivity index (χ1) is 5.95. The average Bonchev–Trinajstić information content (AvgIpc) is 1.96. The van der Waals surface area contributed by atoms with E-state index in [9.17, 15) is 0 Å². The van der Waals surface area contributed by atoms with Gasteiger partial charge in [-0.1, -0.05) is 31.1 Å². The molecule has 1 aromatic rings. The van der Waals surface area contributed by atoms with Gasteiger partial charge in [0.25, 0.3) is 0 Å². The van der Waals surface area contributed by atoms with E-state index in [1.807, 2.05) is 31.1 Å². The molecule has 4 rings (SSSR count). The Kier molecular flexibility index (Phi) is 1.22. The van der Waals surface area contributed by atoms with Crippen LogP contribution in [0.4, 0.5) is 0 Å². The second-order valence-electron chi connectivity index (χ2n) is 3.00. The molecule has 0 N–H and O–H groups in total. The SMILES string of the molecule is [Si]1[Si]c2c1c1c(c3c2[Si][Si]3)[Si][Si]1. The van der Waals surface area contributed by atoms with Gasteiger partial charge in [-0.05, 0) is 0 Å². The Bertz CT molecular complexity index is 290. The Morgan fingerprint density at radius 2 is 0.500 bits per heavy atom. The predicted octanol–water partition coefficient (Wildman–Crippen LogP) is -5.55. The first-order valence-electron chi connectivity index (χ1n) is 3.75. The van der Waals surface area contributed by atoms with Crippen LogP contribution >= 0.6 is 0 Å². The highest BCUT2D eigenvalue weighted by atomic mass is 29.2. The van der Waals surface area contributed by atoms with Crippen molar-refractivity contribution in [1.82, 2.24) is 0 Å². The van der Waals surface area contributed by atoms with E-state index < -0.39 is 0 Å². The highest BCUT2D eigenvalue weighted by Gasteiger charge is 2.35. The van der Waals surface area contributed by atoms with Gasteiger partial charge in [-0.2, -0.15) is 0 Å². The Labute approximate surface area is 85.2 Å². The first kappa shape index (κ1) is 6.90. The monoisotopic (exact) mass is 240 g/mol. The van der Waals surface area contributed by atoms with E-state index in [-0.39, 0.29) is 0 Å². The third-order valence-electron chi connectivity index (χ3n) is 2.44. The molecule has 1 aromatic carbocycles. The lowest BCUT2D eigenvalue weighted by Crippen LogP contribution is -2.85. The molecule has 3 heterocycles. The molecule has 0 unspecified atom stereocenters. The number of hydrogen-bond acceptors (Lipinski definition) is 0. The summed E-state index contributed by atoms with van der Waals surface area (Å²) in [5.41, 5.74) is 0. The zero-order valence-electron chi connectivity index (χ0n) is 6.00. The van der Waals surface area contributed by atoms with Gasteiger partial charge in [-0.15, -0.1) is 0 Å². The molecule has 48 valence electrons. The van der Waals surface area contributed by atoms with Crippen molar-refractivity contribution < 1.29 is 0 Å². The van der Waals surface area contributed by atoms with E-state index in [4.69, 9.17) is 0 Å². The van der Waals surface area contributed by atoms with Crippen molar-refractivity contribution in [3.05, 3.63) is 0 Å². The summed E-state index contributed by atoms with van der Waals surface area (Å²) >= 11 is 0. The van der Waals surface area contributed by atoms with Crippen molar-refractivity contribution in [2.24, 2.45) is 0 Å². The second kappa shape index (κ2) is 2.12. The fraction of sp³-hybridized carbons (Fsp3) is 0. The van der Waals surface area contributed by atoms with Gasteiger partial charge >= 0.3 is 0 Å². The first-order valence-corrected chi connectivity index (χ1v) is 12.8. The molecule has 0 saturated heterocycles. The lowest BCUT2D eigenvalue weighted by molar-refractivity contribution is 2.04. The van der Waals surface area contributed by atoms with E-state index in [0.29, 0.717) is 0 Å². The van der Waals surface area contributed by atoms with E-state index in [2.05, 4.69) is 0 Å². The van der Waals surface area contributed by atoms with E-state index >= 15 is 0 Å². The smallest absolute Gasteiger partial charge is 0.0707 e. The summed E-state index contributed by atoms with van der Waals surface area (Å²) in [6.07, 6.45) is 0. The molecule has 0 bridgehead atoms. The molecule has 0 nitrogen and oxygen atoms in total. The maximum atomic E-state index is 1.84. The van der Waals surface area contributed by atoms with Crippen LogP contribution in [0.25, 0.3) is 0 Å². The summed E-state index contributed by atoms with van der Waals surface area (Å²) in [7, 11) is 7.27. The Morgan fingerprint density at radius 3 is 0.583 bits per heavy atom. The highest BCUT2D eigenvalue weighted by Crippen LogP contribution is 1.89. The van der Waals surface area contributed by atoms with Gasteiger partial charge in [0.15, 0.2) is 0 Å². The Morgan fingerprint density at radius 1 is 0.333 bits per heavy atom. The molecule has 0 fully saturated rings. The van der Waals surface area contributed by atoms with Crippen LogP contribution in [0.3, 0.4) is 0 Å².